The van der Waals surface area contributed by atoms with Crippen LogP contribution in [0.15, 0.2) is 54.6 Å². The van der Waals surface area contributed by atoms with Crippen LogP contribution in [-0.2, 0) is 11.2 Å². The van der Waals surface area contributed by atoms with Crippen molar-refractivity contribution in [3.63, 3.8) is 0 Å². The van der Waals surface area contributed by atoms with Crippen LogP contribution in [0.5, 0.6) is 0 Å². The van der Waals surface area contributed by atoms with Crippen molar-refractivity contribution in [3.05, 3.63) is 76.6 Å². The molecule has 1 aliphatic heterocycles. The summed E-state index contributed by atoms with van der Waals surface area (Å²) in [5, 5.41) is 0.343. The van der Waals surface area contributed by atoms with Crippen LogP contribution in [0.2, 0.25) is 5.02 Å². The summed E-state index contributed by atoms with van der Waals surface area (Å²) in [6.07, 6.45) is 4.34. The van der Waals surface area contributed by atoms with Gasteiger partial charge in [0.1, 0.15) is 5.82 Å². The summed E-state index contributed by atoms with van der Waals surface area (Å²) in [6, 6.07) is 14.6. The first kappa shape index (κ1) is 18.6. The van der Waals surface area contributed by atoms with Gasteiger partial charge in [0.25, 0.3) is 0 Å². The number of amides is 1. The number of piperazine rings is 1. The highest BCUT2D eigenvalue weighted by Crippen LogP contribution is 2.16. The predicted molar refractivity (Wildman–Crippen MR) is 104 cm³/mol. The van der Waals surface area contributed by atoms with Gasteiger partial charge < -0.3 is 4.90 Å². The third kappa shape index (κ3) is 5.16. The summed E-state index contributed by atoms with van der Waals surface area (Å²) in [7, 11) is 0. The number of halogens is 2. The number of hydrogen-bond acceptors (Lipinski definition) is 2. The molecule has 5 heteroatoms. The van der Waals surface area contributed by atoms with Crippen molar-refractivity contribution in [1.82, 2.24) is 9.80 Å². The van der Waals surface area contributed by atoms with Gasteiger partial charge in [-0.05, 0) is 23.3 Å². The Morgan fingerprint density at radius 2 is 1.81 bits per heavy atom. The molecule has 0 spiro atoms. The zero-order chi connectivity index (χ0) is 18.4. The topological polar surface area (TPSA) is 23.6 Å². The lowest BCUT2D eigenvalue weighted by atomic mass is 10.1. The zero-order valence-corrected chi connectivity index (χ0v) is 15.3. The summed E-state index contributed by atoms with van der Waals surface area (Å²) in [5.74, 6) is -0.457. The van der Waals surface area contributed by atoms with E-state index in [0.717, 1.165) is 19.6 Å². The largest absolute Gasteiger partial charge is 0.340 e. The first-order chi connectivity index (χ1) is 12.6. The van der Waals surface area contributed by atoms with Gasteiger partial charge in [-0.25, -0.2) is 4.39 Å². The van der Waals surface area contributed by atoms with E-state index in [4.69, 9.17) is 11.6 Å². The minimum atomic E-state index is -0.421. The molecule has 1 heterocycles. The molecule has 2 aromatic carbocycles. The summed E-state index contributed by atoms with van der Waals surface area (Å²) < 4.78 is 13.8. The van der Waals surface area contributed by atoms with Crippen LogP contribution in [0.25, 0.3) is 6.08 Å². The van der Waals surface area contributed by atoms with Crippen molar-refractivity contribution in [3.8, 4) is 0 Å². The summed E-state index contributed by atoms with van der Waals surface area (Å²) in [6.45, 7) is 3.87. The Labute approximate surface area is 158 Å². The van der Waals surface area contributed by atoms with E-state index in [1.807, 2.05) is 23.1 Å². The maximum Gasteiger partial charge on any atom is 0.227 e. The minimum absolute atomic E-state index is 0.0364. The quantitative estimate of drug-likeness (QED) is 0.795. The fraction of sp³-hybridized carbons (Fsp3) is 0.286. The first-order valence-electron chi connectivity index (χ1n) is 8.77. The number of hydrogen-bond donors (Lipinski definition) is 0. The Bertz CT molecular complexity index is 771. The van der Waals surface area contributed by atoms with Crippen molar-refractivity contribution in [2.45, 2.75) is 6.42 Å². The fourth-order valence-corrected chi connectivity index (χ4v) is 3.18. The molecule has 1 amide bonds. The van der Waals surface area contributed by atoms with Gasteiger partial charge in [-0.15, -0.1) is 0 Å². The van der Waals surface area contributed by atoms with Gasteiger partial charge in [0.2, 0.25) is 5.91 Å². The second kappa shape index (κ2) is 8.97. The molecule has 0 aliphatic carbocycles. The van der Waals surface area contributed by atoms with Crippen molar-refractivity contribution in [2.24, 2.45) is 0 Å². The van der Waals surface area contributed by atoms with E-state index < -0.39 is 5.82 Å². The normalized spacial score (nSPS) is 15.5. The first-order valence-corrected chi connectivity index (χ1v) is 9.15. The molecule has 0 radical (unpaired) electrons. The van der Waals surface area contributed by atoms with Gasteiger partial charge in [-0.1, -0.05) is 60.2 Å². The molecule has 0 aromatic heterocycles. The maximum atomic E-state index is 13.8. The summed E-state index contributed by atoms with van der Waals surface area (Å²) in [4.78, 5) is 16.5. The van der Waals surface area contributed by atoms with Crippen molar-refractivity contribution in [1.29, 1.82) is 0 Å². The highest BCUT2D eigenvalue weighted by molar-refractivity contribution is 6.30. The number of rotatable bonds is 5. The molecular weight excluding hydrogens is 351 g/mol. The highest BCUT2D eigenvalue weighted by Gasteiger charge is 2.21. The summed E-state index contributed by atoms with van der Waals surface area (Å²) >= 11 is 5.75. The zero-order valence-electron chi connectivity index (χ0n) is 14.6. The Balaban J connectivity index is 1.45. The number of carbonyl (C=O) groups is 1. The molecule has 0 saturated carbocycles. The van der Waals surface area contributed by atoms with Crippen LogP contribution in [0, 0.1) is 5.82 Å². The van der Waals surface area contributed by atoms with E-state index in [1.165, 1.54) is 11.6 Å². The van der Waals surface area contributed by atoms with Crippen LogP contribution >= 0.6 is 11.6 Å². The molecule has 0 unspecified atom stereocenters. The average molecular weight is 373 g/mol. The third-order valence-electron chi connectivity index (χ3n) is 4.56. The van der Waals surface area contributed by atoms with Gasteiger partial charge in [-0.3, -0.25) is 9.69 Å². The SMILES string of the molecule is O=C(Cc1ccc(Cl)cc1F)N1CCN(C/C=C/c2ccccc2)CC1. The molecule has 1 fully saturated rings. The van der Waals surface area contributed by atoms with E-state index in [1.54, 1.807) is 12.1 Å². The number of benzene rings is 2. The molecule has 0 N–H and O–H groups in total. The Morgan fingerprint density at radius 3 is 2.50 bits per heavy atom. The lowest BCUT2D eigenvalue weighted by Gasteiger charge is -2.34. The van der Waals surface area contributed by atoms with Gasteiger partial charge in [0.05, 0.1) is 6.42 Å². The smallest absolute Gasteiger partial charge is 0.227 e. The molecule has 0 bridgehead atoms. The van der Waals surface area contributed by atoms with E-state index >= 15 is 0 Å². The van der Waals surface area contributed by atoms with Crippen LogP contribution in [0.1, 0.15) is 11.1 Å². The number of nitrogens with zero attached hydrogens (tertiary/aromatic N) is 2. The van der Waals surface area contributed by atoms with Gasteiger partial charge in [0.15, 0.2) is 0 Å². The molecular formula is C21H22ClFN2O. The standard InChI is InChI=1S/C21H22ClFN2O/c22-19-9-8-18(20(23)16-19)15-21(26)25-13-11-24(12-14-25)10-4-7-17-5-2-1-3-6-17/h1-9,16H,10-15H2/b7-4+. The molecule has 3 nitrogen and oxygen atoms in total. The van der Waals surface area contributed by atoms with Gasteiger partial charge >= 0.3 is 0 Å². The summed E-state index contributed by atoms with van der Waals surface area (Å²) in [5.41, 5.74) is 1.58. The van der Waals surface area contributed by atoms with Crippen LogP contribution in [0.4, 0.5) is 4.39 Å². The molecule has 0 atom stereocenters. The van der Waals surface area contributed by atoms with Gasteiger partial charge in [0, 0.05) is 37.7 Å². The molecule has 2 aromatic rings. The molecule has 26 heavy (non-hydrogen) atoms. The minimum Gasteiger partial charge on any atom is -0.340 e. The van der Waals surface area contributed by atoms with Crippen LogP contribution in [-0.4, -0.2) is 48.4 Å². The van der Waals surface area contributed by atoms with E-state index in [9.17, 15) is 9.18 Å². The highest BCUT2D eigenvalue weighted by atomic mass is 35.5. The van der Waals surface area contributed by atoms with Crippen molar-refractivity contribution >= 4 is 23.6 Å². The number of carbonyl (C=O) groups excluding carboxylic acids is 1. The average Bonchev–Trinajstić information content (AvgIpc) is 2.65. The maximum absolute atomic E-state index is 13.8. The van der Waals surface area contributed by atoms with E-state index in [0.29, 0.717) is 23.7 Å². The Kier molecular flexibility index (Phi) is 6.42. The predicted octanol–water partition coefficient (Wildman–Crippen LogP) is 3.88. The second-order valence-electron chi connectivity index (χ2n) is 6.41. The lowest BCUT2D eigenvalue weighted by molar-refractivity contribution is -0.132. The monoisotopic (exact) mass is 372 g/mol. The van der Waals surface area contributed by atoms with E-state index in [2.05, 4.69) is 29.2 Å². The van der Waals surface area contributed by atoms with Crippen LogP contribution in [0.3, 0.4) is 0 Å². The van der Waals surface area contributed by atoms with E-state index in [-0.39, 0.29) is 12.3 Å². The molecule has 1 aliphatic rings. The van der Waals surface area contributed by atoms with Crippen LogP contribution < -0.4 is 0 Å². The molecule has 136 valence electrons. The van der Waals surface area contributed by atoms with Crippen molar-refractivity contribution < 1.29 is 9.18 Å². The molecule has 3 rings (SSSR count). The second-order valence-corrected chi connectivity index (χ2v) is 6.84. The Morgan fingerprint density at radius 1 is 1.08 bits per heavy atom. The Hall–Kier alpha value is -2.17. The van der Waals surface area contributed by atoms with Crippen molar-refractivity contribution in [2.75, 3.05) is 32.7 Å². The lowest BCUT2D eigenvalue weighted by Crippen LogP contribution is -2.49. The molecule has 1 saturated heterocycles. The fourth-order valence-electron chi connectivity index (χ4n) is 3.02. The van der Waals surface area contributed by atoms with Gasteiger partial charge in [-0.2, -0.15) is 0 Å². The third-order valence-corrected chi connectivity index (χ3v) is 4.79.